The topological polar surface area (TPSA) is 88.9 Å². The summed E-state index contributed by atoms with van der Waals surface area (Å²) >= 11 is 1.51. The van der Waals surface area contributed by atoms with E-state index in [-0.39, 0.29) is 11.8 Å². The van der Waals surface area contributed by atoms with Crippen molar-refractivity contribution in [2.45, 2.75) is 37.6 Å². The molecule has 1 atom stereocenters. The van der Waals surface area contributed by atoms with Crippen LogP contribution >= 0.6 is 11.8 Å². The van der Waals surface area contributed by atoms with Crippen LogP contribution in [0.2, 0.25) is 0 Å². The van der Waals surface area contributed by atoms with E-state index < -0.39 is 10.8 Å². The summed E-state index contributed by atoms with van der Waals surface area (Å²) in [7, 11) is 0. The van der Waals surface area contributed by atoms with Crippen molar-refractivity contribution in [2.24, 2.45) is 0 Å². The minimum Gasteiger partial charge on any atom is -0.354 e. The van der Waals surface area contributed by atoms with E-state index in [0.29, 0.717) is 18.8 Å². The maximum absolute atomic E-state index is 12.2. The quantitative estimate of drug-likeness (QED) is 0.786. The molecule has 1 fully saturated rings. The molecule has 1 aromatic heterocycles. The number of para-hydroxylation sites is 1. The van der Waals surface area contributed by atoms with E-state index in [1.54, 1.807) is 0 Å². The highest BCUT2D eigenvalue weighted by molar-refractivity contribution is 8.01. The van der Waals surface area contributed by atoms with Gasteiger partial charge in [0.1, 0.15) is 11.6 Å². The molecule has 1 aliphatic heterocycles. The van der Waals surface area contributed by atoms with Crippen molar-refractivity contribution in [1.29, 1.82) is 0 Å². The number of aryl methyl sites for hydroxylation is 1. The predicted octanol–water partition coefficient (Wildman–Crippen LogP) is 0.948. The highest BCUT2D eigenvalue weighted by Gasteiger charge is 2.37. The fourth-order valence-electron chi connectivity index (χ4n) is 2.52. The molecule has 2 aromatic rings. The second kappa shape index (κ2) is 6.80. The van der Waals surface area contributed by atoms with Crippen molar-refractivity contribution in [3.8, 4) is 0 Å². The smallest absolute Gasteiger partial charge is 0.243 e. The first-order valence-electron chi connectivity index (χ1n) is 7.98. The number of thioether (sulfide) groups is 1. The number of carbonyl (C=O) groups excluding carboxylic acids is 2. The summed E-state index contributed by atoms with van der Waals surface area (Å²) in [6, 6.07) is 7.33. The van der Waals surface area contributed by atoms with E-state index in [9.17, 15) is 9.59 Å². The van der Waals surface area contributed by atoms with Crippen LogP contribution in [0.1, 0.15) is 20.3 Å². The first kappa shape index (κ1) is 16.8. The molecule has 0 bridgehead atoms. The van der Waals surface area contributed by atoms with Crippen LogP contribution < -0.4 is 10.6 Å². The van der Waals surface area contributed by atoms with Crippen molar-refractivity contribution in [3.63, 3.8) is 0 Å². The molecule has 1 aromatic carbocycles. The zero-order valence-corrected chi connectivity index (χ0v) is 14.6. The number of nitrogens with one attached hydrogen (secondary N) is 2. The number of nitrogens with zero attached hydrogens (tertiary/aromatic N) is 3. The minimum absolute atomic E-state index is 0.0898. The first-order chi connectivity index (χ1) is 11.5. The van der Waals surface area contributed by atoms with Gasteiger partial charge in [0.2, 0.25) is 11.8 Å². The molecule has 1 aliphatic rings. The predicted molar refractivity (Wildman–Crippen MR) is 93.6 cm³/mol. The molecule has 0 aliphatic carbocycles. The van der Waals surface area contributed by atoms with Crippen LogP contribution in [0.3, 0.4) is 0 Å². The Labute approximate surface area is 144 Å². The van der Waals surface area contributed by atoms with Crippen LogP contribution in [0, 0.1) is 0 Å². The lowest BCUT2D eigenvalue weighted by Gasteiger charge is -2.32. The lowest BCUT2D eigenvalue weighted by molar-refractivity contribution is -0.129. The summed E-state index contributed by atoms with van der Waals surface area (Å²) in [5.41, 5.74) is 1.85. The van der Waals surface area contributed by atoms with E-state index in [1.165, 1.54) is 11.8 Å². The summed E-state index contributed by atoms with van der Waals surface area (Å²) in [6.07, 6.45) is 0.748. The van der Waals surface area contributed by atoms with Crippen LogP contribution in [0.15, 0.2) is 24.3 Å². The lowest BCUT2D eigenvalue weighted by atomic mass is 10.1. The standard InChI is InChI=1S/C16H21N5O2S/c1-16(2)15(23)18-12(10-24-16)14(22)17-8-5-9-21-13-7-4-3-6-11(13)19-20-21/h3-4,6-7,12H,5,8-10H2,1-2H3,(H,17,22)(H,18,23). The maximum atomic E-state index is 12.2. The van der Waals surface area contributed by atoms with Crippen molar-refractivity contribution >= 4 is 34.6 Å². The minimum atomic E-state index is -0.467. The van der Waals surface area contributed by atoms with Crippen molar-refractivity contribution in [3.05, 3.63) is 24.3 Å². The Balaban J connectivity index is 1.45. The van der Waals surface area contributed by atoms with Crippen molar-refractivity contribution < 1.29 is 9.59 Å². The number of benzene rings is 1. The zero-order chi connectivity index (χ0) is 17.2. The number of fused-ring (bicyclic) bond motifs is 1. The molecule has 2 heterocycles. The third kappa shape index (κ3) is 3.53. The maximum Gasteiger partial charge on any atom is 0.243 e. The van der Waals surface area contributed by atoms with Gasteiger partial charge in [0, 0.05) is 18.8 Å². The number of hydrogen-bond acceptors (Lipinski definition) is 5. The van der Waals surface area contributed by atoms with Crippen LogP contribution in [0.5, 0.6) is 0 Å². The Bertz CT molecular complexity index is 758. The van der Waals surface area contributed by atoms with E-state index in [2.05, 4.69) is 20.9 Å². The van der Waals surface area contributed by atoms with E-state index in [0.717, 1.165) is 17.5 Å². The van der Waals surface area contributed by atoms with Gasteiger partial charge in [-0.2, -0.15) is 0 Å². The normalized spacial score (nSPS) is 19.9. The second-order valence-corrected chi connectivity index (χ2v) is 7.94. The SMILES string of the molecule is CC1(C)SCC(C(=O)NCCCn2nnc3ccccc32)NC1=O. The molecular weight excluding hydrogens is 326 g/mol. The van der Waals surface area contributed by atoms with Gasteiger partial charge in [0.05, 0.1) is 10.3 Å². The molecule has 24 heavy (non-hydrogen) atoms. The Hall–Kier alpha value is -2.09. The Morgan fingerprint density at radius 2 is 2.25 bits per heavy atom. The van der Waals surface area contributed by atoms with Crippen molar-refractivity contribution in [2.75, 3.05) is 12.3 Å². The van der Waals surface area contributed by atoms with Crippen LogP contribution in [0.4, 0.5) is 0 Å². The molecular formula is C16H21N5O2S. The fraction of sp³-hybridized carbons (Fsp3) is 0.500. The number of amides is 2. The lowest BCUT2D eigenvalue weighted by Crippen LogP contribution is -2.57. The zero-order valence-electron chi connectivity index (χ0n) is 13.8. The molecule has 8 heteroatoms. The molecule has 2 N–H and O–H groups in total. The third-order valence-electron chi connectivity index (χ3n) is 4.05. The summed E-state index contributed by atoms with van der Waals surface area (Å²) < 4.78 is 1.37. The molecule has 0 spiro atoms. The van der Waals surface area contributed by atoms with Gasteiger partial charge in [0.25, 0.3) is 0 Å². The van der Waals surface area contributed by atoms with Gasteiger partial charge in [-0.15, -0.1) is 16.9 Å². The molecule has 7 nitrogen and oxygen atoms in total. The third-order valence-corrected chi connectivity index (χ3v) is 5.45. The van der Waals surface area contributed by atoms with Gasteiger partial charge in [-0.3, -0.25) is 9.59 Å². The molecule has 0 saturated carbocycles. The number of aromatic nitrogens is 3. The molecule has 1 unspecified atom stereocenters. The summed E-state index contributed by atoms with van der Waals surface area (Å²) in [6.45, 7) is 4.94. The highest BCUT2D eigenvalue weighted by Crippen LogP contribution is 2.28. The average molecular weight is 347 g/mol. The second-order valence-electron chi connectivity index (χ2n) is 6.29. The van der Waals surface area contributed by atoms with Crippen LogP contribution in [0.25, 0.3) is 11.0 Å². The van der Waals surface area contributed by atoms with Gasteiger partial charge in [-0.25, -0.2) is 4.68 Å². The van der Waals surface area contributed by atoms with E-state index >= 15 is 0 Å². The molecule has 3 rings (SSSR count). The van der Waals surface area contributed by atoms with Crippen LogP contribution in [-0.4, -0.2) is 49.9 Å². The average Bonchev–Trinajstić information content (AvgIpc) is 2.97. The monoisotopic (exact) mass is 347 g/mol. The largest absolute Gasteiger partial charge is 0.354 e. The number of carbonyl (C=O) groups is 2. The fourth-order valence-corrected chi connectivity index (χ4v) is 3.53. The highest BCUT2D eigenvalue weighted by atomic mass is 32.2. The molecule has 128 valence electrons. The Morgan fingerprint density at radius 1 is 1.46 bits per heavy atom. The molecule has 2 amide bonds. The Kier molecular flexibility index (Phi) is 4.75. The van der Waals surface area contributed by atoms with Gasteiger partial charge < -0.3 is 10.6 Å². The van der Waals surface area contributed by atoms with Gasteiger partial charge in [-0.05, 0) is 32.4 Å². The van der Waals surface area contributed by atoms with Gasteiger partial charge in [-0.1, -0.05) is 17.3 Å². The first-order valence-corrected chi connectivity index (χ1v) is 8.97. The Morgan fingerprint density at radius 3 is 3.04 bits per heavy atom. The summed E-state index contributed by atoms with van der Waals surface area (Å²) in [5.74, 6) is 0.376. The summed E-state index contributed by atoms with van der Waals surface area (Å²) in [5, 5.41) is 13.9. The van der Waals surface area contributed by atoms with E-state index in [4.69, 9.17) is 0 Å². The summed E-state index contributed by atoms with van der Waals surface area (Å²) in [4.78, 5) is 24.1. The van der Waals surface area contributed by atoms with E-state index in [1.807, 2.05) is 42.8 Å². The van der Waals surface area contributed by atoms with Crippen LogP contribution in [-0.2, 0) is 16.1 Å². The molecule has 0 radical (unpaired) electrons. The molecule has 1 saturated heterocycles. The van der Waals surface area contributed by atoms with Gasteiger partial charge >= 0.3 is 0 Å². The van der Waals surface area contributed by atoms with Crippen molar-refractivity contribution in [1.82, 2.24) is 25.6 Å². The number of hydrogen-bond donors (Lipinski definition) is 2. The number of rotatable bonds is 5. The van der Waals surface area contributed by atoms with Gasteiger partial charge in [0.15, 0.2) is 0 Å².